The standard InChI is InChI=1S/C22H22ClN3O4/c1-28-19-11-17-18(12-20(19)29-2)24-13-25-21(17)14-7-9-26(10-8-14)22(27)30-16-5-3-15(23)4-6-16/h3-6,11-14H,7-10H2,1-2H3. The van der Waals surface area contributed by atoms with Crippen LogP contribution in [-0.2, 0) is 0 Å². The molecule has 4 rings (SSSR count). The van der Waals surface area contributed by atoms with E-state index >= 15 is 0 Å². The van der Waals surface area contributed by atoms with Crippen molar-refractivity contribution in [2.75, 3.05) is 27.3 Å². The zero-order valence-corrected chi connectivity index (χ0v) is 17.6. The van der Waals surface area contributed by atoms with E-state index in [-0.39, 0.29) is 12.0 Å². The first-order valence-electron chi connectivity index (χ1n) is 9.68. The third-order valence-corrected chi connectivity index (χ3v) is 5.58. The molecule has 1 aliphatic rings. The Bertz CT molecular complexity index is 1050. The van der Waals surface area contributed by atoms with Crippen LogP contribution in [0, 0.1) is 0 Å². The summed E-state index contributed by atoms with van der Waals surface area (Å²) in [6, 6.07) is 10.5. The molecule has 8 heteroatoms. The average molecular weight is 428 g/mol. The van der Waals surface area contributed by atoms with Gasteiger partial charge in [0.15, 0.2) is 11.5 Å². The second-order valence-electron chi connectivity index (χ2n) is 7.07. The Balaban J connectivity index is 1.48. The molecule has 1 saturated heterocycles. The minimum absolute atomic E-state index is 0.216. The van der Waals surface area contributed by atoms with Crippen molar-refractivity contribution >= 4 is 28.6 Å². The fourth-order valence-electron chi connectivity index (χ4n) is 3.73. The van der Waals surface area contributed by atoms with Crippen LogP contribution in [0.1, 0.15) is 24.5 Å². The van der Waals surface area contributed by atoms with Crippen LogP contribution in [-0.4, -0.2) is 48.3 Å². The molecule has 0 bridgehead atoms. The highest BCUT2D eigenvalue weighted by Gasteiger charge is 2.27. The van der Waals surface area contributed by atoms with E-state index in [1.807, 2.05) is 12.1 Å². The first kappa shape index (κ1) is 20.2. The summed E-state index contributed by atoms with van der Waals surface area (Å²) in [6.07, 6.45) is 2.80. The number of aromatic nitrogens is 2. The highest BCUT2D eigenvalue weighted by atomic mass is 35.5. The van der Waals surface area contributed by atoms with Gasteiger partial charge in [0.25, 0.3) is 0 Å². The predicted molar refractivity (Wildman–Crippen MR) is 114 cm³/mol. The minimum atomic E-state index is -0.352. The molecule has 0 spiro atoms. The van der Waals surface area contributed by atoms with Crippen LogP contribution in [0.2, 0.25) is 5.02 Å². The molecule has 1 fully saturated rings. The predicted octanol–water partition coefficient (Wildman–Crippen LogP) is 4.68. The number of rotatable bonds is 4. The fourth-order valence-corrected chi connectivity index (χ4v) is 3.86. The lowest BCUT2D eigenvalue weighted by molar-refractivity contribution is 0.138. The van der Waals surface area contributed by atoms with Crippen molar-refractivity contribution < 1.29 is 19.0 Å². The minimum Gasteiger partial charge on any atom is -0.493 e. The Morgan fingerprint density at radius 1 is 1.03 bits per heavy atom. The van der Waals surface area contributed by atoms with Gasteiger partial charge in [-0.1, -0.05) is 11.6 Å². The number of nitrogens with zero attached hydrogens (tertiary/aromatic N) is 3. The molecule has 0 atom stereocenters. The van der Waals surface area contributed by atoms with Crippen molar-refractivity contribution in [2.45, 2.75) is 18.8 Å². The molecule has 156 valence electrons. The summed E-state index contributed by atoms with van der Waals surface area (Å²) >= 11 is 5.87. The molecule has 0 radical (unpaired) electrons. The van der Waals surface area contributed by atoms with Gasteiger partial charge in [-0.2, -0.15) is 0 Å². The van der Waals surface area contributed by atoms with Gasteiger partial charge in [-0.05, 0) is 43.2 Å². The Kier molecular flexibility index (Phi) is 5.90. The largest absolute Gasteiger partial charge is 0.493 e. The first-order valence-corrected chi connectivity index (χ1v) is 10.1. The number of halogens is 1. The normalized spacial score (nSPS) is 14.6. The van der Waals surface area contributed by atoms with Crippen molar-refractivity contribution in [3.63, 3.8) is 0 Å². The van der Waals surface area contributed by atoms with Crippen molar-refractivity contribution in [1.82, 2.24) is 14.9 Å². The van der Waals surface area contributed by atoms with Crippen molar-refractivity contribution in [1.29, 1.82) is 0 Å². The molecule has 1 aliphatic heterocycles. The lowest BCUT2D eigenvalue weighted by Gasteiger charge is -2.31. The third kappa shape index (κ3) is 4.11. The molecule has 2 aromatic carbocycles. The Labute approximate surface area is 179 Å². The van der Waals surface area contributed by atoms with Crippen LogP contribution in [0.4, 0.5) is 4.79 Å². The number of piperidine rings is 1. The maximum Gasteiger partial charge on any atom is 0.415 e. The van der Waals surface area contributed by atoms with E-state index in [4.69, 9.17) is 25.8 Å². The number of ether oxygens (including phenoxy) is 3. The molecular formula is C22H22ClN3O4. The maximum absolute atomic E-state index is 12.5. The number of methoxy groups -OCH3 is 2. The van der Waals surface area contributed by atoms with Crippen LogP contribution in [0.25, 0.3) is 10.9 Å². The number of fused-ring (bicyclic) bond motifs is 1. The third-order valence-electron chi connectivity index (χ3n) is 5.33. The van der Waals surface area contributed by atoms with Crippen LogP contribution in [0.3, 0.4) is 0 Å². The van der Waals surface area contributed by atoms with E-state index in [9.17, 15) is 4.79 Å². The first-order chi connectivity index (χ1) is 14.6. The Hall–Kier alpha value is -3.06. The molecule has 0 unspecified atom stereocenters. The van der Waals surface area contributed by atoms with Gasteiger partial charge in [0.05, 0.1) is 25.4 Å². The van der Waals surface area contributed by atoms with Crippen molar-refractivity contribution in [2.24, 2.45) is 0 Å². The Morgan fingerprint density at radius 2 is 1.70 bits per heavy atom. The number of likely N-dealkylation sites (tertiary alicyclic amines) is 1. The van der Waals surface area contributed by atoms with Crippen LogP contribution in [0.5, 0.6) is 17.2 Å². The molecule has 1 amide bonds. The number of carbonyl (C=O) groups excluding carboxylic acids is 1. The maximum atomic E-state index is 12.5. The van der Waals surface area contributed by atoms with E-state index < -0.39 is 0 Å². The average Bonchev–Trinajstić information content (AvgIpc) is 2.79. The van der Waals surface area contributed by atoms with Gasteiger partial charge in [-0.15, -0.1) is 0 Å². The van der Waals surface area contributed by atoms with Gasteiger partial charge >= 0.3 is 6.09 Å². The van der Waals surface area contributed by atoms with E-state index in [2.05, 4.69) is 9.97 Å². The van der Waals surface area contributed by atoms with Gasteiger partial charge in [0.1, 0.15) is 12.1 Å². The summed E-state index contributed by atoms with van der Waals surface area (Å²) < 4.78 is 16.3. The van der Waals surface area contributed by atoms with Gasteiger partial charge in [-0.3, -0.25) is 0 Å². The number of hydrogen-bond acceptors (Lipinski definition) is 6. The smallest absolute Gasteiger partial charge is 0.415 e. The molecule has 1 aromatic heterocycles. The quantitative estimate of drug-likeness (QED) is 0.602. The molecule has 3 aromatic rings. The summed E-state index contributed by atoms with van der Waals surface area (Å²) in [4.78, 5) is 23.1. The summed E-state index contributed by atoms with van der Waals surface area (Å²) in [5.41, 5.74) is 1.77. The van der Waals surface area contributed by atoms with Crippen molar-refractivity contribution in [3.05, 3.63) is 53.4 Å². The van der Waals surface area contributed by atoms with E-state index in [0.717, 1.165) is 29.4 Å². The number of benzene rings is 2. The van der Waals surface area contributed by atoms with Crippen LogP contribution in [0.15, 0.2) is 42.7 Å². The Morgan fingerprint density at radius 3 is 2.37 bits per heavy atom. The van der Waals surface area contributed by atoms with Gasteiger partial charge in [0.2, 0.25) is 0 Å². The molecular weight excluding hydrogens is 406 g/mol. The SMILES string of the molecule is COc1cc2ncnc(C3CCN(C(=O)Oc4ccc(Cl)cc4)CC3)c2cc1OC. The lowest BCUT2D eigenvalue weighted by Crippen LogP contribution is -2.39. The van der Waals surface area contributed by atoms with E-state index in [1.54, 1.807) is 49.7 Å². The summed E-state index contributed by atoms with van der Waals surface area (Å²) in [5.74, 6) is 1.97. The second-order valence-corrected chi connectivity index (χ2v) is 7.50. The summed E-state index contributed by atoms with van der Waals surface area (Å²) in [7, 11) is 3.21. The number of carbonyl (C=O) groups is 1. The molecule has 30 heavy (non-hydrogen) atoms. The van der Waals surface area contributed by atoms with Crippen LogP contribution >= 0.6 is 11.6 Å². The van der Waals surface area contributed by atoms with E-state index in [0.29, 0.717) is 35.4 Å². The van der Waals surface area contributed by atoms with Crippen LogP contribution < -0.4 is 14.2 Å². The monoisotopic (exact) mass is 427 g/mol. The van der Waals surface area contributed by atoms with Gasteiger partial charge < -0.3 is 19.1 Å². The molecule has 0 aliphatic carbocycles. The lowest BCUT2D eigenvalue weighted by atomic mass is 9.91. The van der Waals surface area contributed by atoms with Gasteiger partial charge in [-0.25, -0.2) is 14.8 Å². The number of amides is 1. The second kappa shape index (κ2) is 8.75. The molecule has 0 saturated carbocycles. The summed E-state index contributed by atoms with van der Waals surface area (Å²) in [5, 5.41) is 1.54. The topological polar surface area (TPSA) is 73.8 Å². The van der Waals surface area contributed by atoms with Gasteiger partial charge in [0, 0.05) is 35.5 Å². The molecule has 0 N–H and O–H groups in total. The van der Waals surface area contributed by atoms with Crippen molar-refractivity contribution in [3.8, 4) is 17.2 Å². The molecule has 2 heterocycles. The highest BCUT2D eigenvalue weighted by Crippen LogP contribution is 2.36. The fraction of sp³-hybridized carbons (Fsp3) is 0.318. The zero-order chi connectivity index (χ0) is 21.1. The summed E-state index contributed by atoms with van der Waals surface area (Å²) in [6.45, 7) is 1.19. The number of hydrogen-bond donors (Lipinski definition) is 0. The highest BCUT2D eigenvalue weighted by molar-refractivity contribution is 6.30. The zero-order valence-electron chi connectivity index (χ0n) is 16.8. The van der Waals surface area contributed by atoms with E-state index in [1.165, 1.54) is 0 Å². The molecule has 7 nitrogen and oxygen atoms in total.